The maximum Gasteiger partial charge on any atom is 0.319 e. The van der Waals surface area contributed by atoms with E-state index in [4.69, 9.17) is 0 Å². The highest BCUT2D eigenvalue weighted by molar-refractivity contribution is 5.78. The fraction of sp³-hybridized carbons (Fsp3) is 0.800. The van der Waals surface area contributed by atoms with Gasteiger partial charge in [-0.05, 0) is 25.9 Å². The zero-order chi connectivity index (χ0) is 11.3. The van der Waals surface area contributed by atoms with Crippen LogP contribution in [0.3, 0.4) is 0 Å². The fourth-order valence-corrected chi connectivity index (χ4v) is 1.80. The van der Waals surface area contributed by atoms with Crippen LogP contribution in [-0.2, 0) is 14.3 Å². The molecule has 1 aliphatic heterocycles. The second-order valence-corrected chi connectivity index (χ2v) is 3.74. The van der Waals surface area contributed by atoms with Gasteiger partial charge in [0.1, 0.15) is 0 Å². The van der Waals surface area contributed by atoms with Crippen LogP contribution < -0.4 is 5.32 Å². The minimum atomic E-state index is -0.214. The van der Waals surface area contributed by atoms with Crippen LogP contribution in [0.5, 0.6) is 0 Å². The van der Waals surface area contributed by atoms with Crippen LogP contribution in [0.25, 0.3) is 0 Å². The Labute approximate surface area is 89.8 Å². The molecule has 0 aromatic rings. The minimum absolute atomic E-state index is 0.101. The average molecular weight is 214 g/mol. The summed E-state index contributed by atoms with van der Waals surface area (Å²) in [4.78, 5) is 24.4. The van der Waals surface area contributed by atoms with E-state index in [1.54, 1.807) is 7.05 Å². The van der Waals surface area contributed by atoms with Crippen LogP contribution in [0.1, 0.15) is 12.8 Å². The van der Waals surface area contributed by atoms with Crippen molar-refractivity contribution < 1.29 is 14.3 Å². The number of rotatable bonds is 3. The fourth-order valence-electron chi connectivity index (χ4n) is 1.80. The number of carbonyl (C=O) groups is 2. The zero-order valence-corrected chi connectivity index (χ0v) is 9.28. The monoisotopic (exact) mass is 214 g/mol. The van der Waals surface area contributed by atoms with E-state index in [0.29, 0.717) is 6.54 Å². The molecule has 1 fully saturated rings. The van der Waals surface area contributed by atoms with E-state index in [9.17, 15) is 9.59 Å². The van der Waals surface area contributed by atoms with Crippen LogP contribution in [0, 0.1) is 5.92 Å². The van der Waals surface area contributed by atoms with Crippen LogP contribution in [0.2, 0.25) is 0 Å². The summed E-state index contributed by atoms with van der Waals surface area (Å²) in [5, 5.41) is 2.65. The van der Waals surface area contributed by atoms with Crippen LogP contribution in [0.4, 0.5) is 0 Å². The van der Waals surface area contributed by atoms with E-state index < -0.39 is 0 Å². The van der Waals surface area contributed by atoms with Crippen molar-refractivity contribution in [1.29, 1.82) is 0 Å². The van der Waals surface area contributed by atoms with Crippen molar-refractivity contribution in [1.82, 2.24) is 10.2 Å². The average Bonchev–Trinajstić information content (AvgIpc) is 2.29. The first-order valence-corrected chi connectivity index (χ1v) is 5.18. The summed E-state index contributed by atoms with van der Waals surface area (Å²) in [5.74, 6) is -0.00925. The van der Waals surface area contributed by atoms with E-state index in [1.807, 2.05) is 4.90 Å². The lowest BCUT2D eigenvalue weighted by Crippen LogP contribution is -2.41. The van der Waals surface area contributed by atoms with Gasteiger partial charge in [0.2, 0.25) is 5.91 Å². The van der Waals surface area contributed by atoms with Gasteiger partial charge in [-0.15, -0.1) is 0 Å². The SMILES string of the molecule is CNC(=O)C1CCN(CC(=O)OC)CC1. The molecule has 0 aromatic heterocycles. The lowest BCUT2D eigenvalue weighted by atomic mass is 9.96. The Morgan fingerprint density at radius 3 is 2.47 bits per heavy atom. The van der Waals surface area contributed by atoms with Gasteiger partial charge in [0.15, 0.2) is 0 Å². The van der Waals surface area contributed by atoms with E-state index in [0.717, 1.165) is 25.9 Å². The number of carbonyl (C=O) groups excluding carboxylic acids is 2. The Hall–Kier alpha value is -1.10. The Morgan fingerprint density at radius 1 is 1.40 bits per heavy atom. The number of methoxy groups -OCH3 is 1. The van der Waals surface area contributed by atoms with Crippen molar-refractivity contribution in [2.75, 3.05) is 33.8 Å². The van der Waals surface area contributed by atoms with Crippen molar-refractivity contribution in [3.63, 3.8) is 0 Å². The number of hydrogen-bond donors (Lipinski definition) is 1. The van der Waals surface area contributed by atoms with Gasteiger partial charge in [0.05, 0.1) is 13.7 Å². The van der Waals surface area contributed by atoms with Crippen LogP contribution >= 0.6 is 0 Å². The Balaban J connectivity index is 2.29. The Morgan fingerprint density at radius 2 is 2.00 bits per heavy atom. The second-order valence-electron chi connectivity index (χ2n) is 3.74. The smallest absolute Gasteiger partial charge is 0.319 e. The molecular formula is C10H18N2O3. The van der Waals surface area contributed by atoms with Gasteiger partial charge in [0, 0.05) is 13.0 Å². The first-order valence-electron chi connectivity index (χ1n) is 5.18. The summed E-state index contributed by atoms with van der Waals surface area (Å²) in [6, 6.07) is 0. The molecule has 1 rings (SSSR count). The molecule has 15 heavy (non-hydrogen) atoms. The van der Waals surface area contributed by atoms with Gasteiger partial charge in [-0.2, -0.15) is 0 Å². The van der Waals surface area contributed by atoms with Crippen LogP contribution in [-0.4, -0.2) is 50.6 Å². The van der Waals surface area contributed by atoms with Crippen molar-refractivity contribution in [3.05, 3.63) is 0 Å². The summed E-state index contributed by atoms with van der Waals surface area (Å²) < 4.78 is 4.59. The lowest BCUT2D eigenvalue weighted by molar-refractivity contribution is -0.142. The third kappa shape index (κ3) is 3.51. The molecule has 0 aromatic carbocycles. The number of nitrogens with one attached hydrogen (secondary N) is 1. The first-order chi connectivity index (χ1) is 7.17. The molecule has 1 heterocycles. The normalized spacial score (nSPS) is 18.5. The number of nitrogens with zero attached hydrogens (tertiary/aromatic N) is 1. The standard InChI is InChI=1S/C10H18N2O3/c1-11-10(14)8-3-5-12(6-4-8)7-9(13)15-2/h8H,3-7H2,1-2H3,(H,11,14). The van der Waals surface area contributed by atoms with Gasteiger partial charge >= 0.3 is 5.97 Å². The largest absolute Gasteiger partial charge is 0.468 e. The maximum absolute atomic E-state index is 11.3. The predicted molar refractivity (Wildman–Crippen MR) is 55.2 cm³/mol. The van der Waals surface area contributed by atoms with Crippen molar-refractivity contribution in [2.45, 2.75) is 12.8 Å². The van der Waals surface area contributed by atoms with E-state index in [-0.39, 0.29) is 17.8 Å². The topological polar surface area (TPSA) is 58.6 Å². The molecule has 0 atom stereocenters. The molecule has 0 bridgehead atoms. The number of ether oxygens (including phenoxy) is 1. The quantitative estimate of drug-likeness (QED) is 0.650. The second kappa shape index (κ2) is 5.70. The predicted octanol–water partition coefficient (Wildman–Crippen LogP) is -0.383. The molecule has 0 radical (unpaired) electrons. The Bertz CT molecular complexity index is 235. The van der Waals surface area contributed by atoms with E-state index in [1.165, 1.54) is 7.11 Å². The Kier molecular flexibility index (Phi) is 4.55. The summed E-state index contributed by atoms with van der Waals surface area (Å²) in [5.41, 5.74) is 0. The first kappa shape index (κ1) is 12.0. The third-order valence-electron chi connectivity index (χ3n) is 2.79. The molecule has 1 amide bonds. The zero-order valence-electron chi connectivity index (χ0n) is 9.28. The molecule has 5 nitrogen and oxygen atoms in total. The molecule has 1 aliphatic rings. The van der Waals surface area contributed by atoms with Crippen molar-refractivity contribution in [3.8, 4) is 0 Å². The summed E-state index contributed by atoms with van der Waals surface area (Å²) in [6.07, 6.45) is 1.63. The van der Waals surface area contributed by atoms with Gasteiger partial charge < -0.3 is 10.1 Å². The molecule has 0 unspecified atom stereocenters. The molecule has 1 saturated heterocycles. The number of amides is 1. The van der Waals surface area contributed by atoms with Crippen LogP contribution in [0.15, 0.2) is 0 Å². The number of likely N-dealkylation sites (tertiary alicyclic amines) is 1. The maximum atomic E-state index is 11.3. The minimum Gasteiger partial charge on any atom is -0.468 e. The van der Waals surface area contributed by atoms with E-state index >= 15 is 0 Å². The molecule has 86 valence electrons. The highest BCUT2D eigenvalue weighted by Gasteiger charge is 2.25. The highest BCUT2D eigenvalue weighted by Crippen LogP contribution is 2.16. The van der Waals surface area contributed by atoms with Crippen molar-refractivity contribution >= 4 is 11.9 Å². The van der Waals surface area contributed by atoms with Gasteiger partial charge in [-0.25, -0.2) is 0 Å². The third-order valence-corrected chi connectivity index (χ3v) is 2.79. The number of hydrogen-bond acceptors (Lipinski definition) is 4. The molecule has 0 aliphatic carbocycles. The van der Waals surface area contributed by atoms with Gasteiger partial charge in [-0.1, -0.05) is 0 Å². The van der Waals surface area contributed by atoms with Gasteiger partial charge in [-0.3, -0.25) is 14.5 Å². The highest BCUT2D eigenvalue weighted by atomic mass is 16.5. The number of piperidine rings is 1. The molecule has 1 N–H and O–H groups in total. The molecule has 0 saturated carbocycles. The van der Waals surface area contributed by atoms with E-state index in [2.05, 4.69) is 10.1 Å². The van der Waals surface area contributed by atoms with Gasteiger partial charge in [0.25, 0.3) is 0 Å². The lowest BCUT2D eigenvalue weighted by Gasteiger charge is -2.29. The summed E-state index contributed by atoms with van der Waals surface area (Å²) in [7, 11) is 3.04. The molecular weight excluding hydrogens is 196 g/mol. The summed E-state index contributed by atoms with van der Waals surface area (Å²) in [6.45, 7) is 1.90. The molecule has 0 spiro atoms. The summed E-state index contributed by atoms with van der Waals surface area (Å²) >= 11 is 0. The molecule has 5 heteroatoms. The number of esters is 1. The van der Waals surface area contributed by atoms with Crippen molar-refractivity contribution in [2.24, 2.45) is 5.92 Å².